The Bertz CT molecular complexity index is 1200. The largest absolute Gasteiger partial charge is 0.443 e. The minimum absolute atomic E-state index is 0.0188. The Morgan fingerprint density at radius 2 is 1.63 bits per heavy atom. The first-order valence-electron chi connectivity index (χ1n) is 13.8. The zero-order valence-corrected chi connectivity index (χ0v) is 25.3. The number of anilines is 1. The molecule has 41 heavy (non-hydrogen) atoms. The molecule has 224 valence electrons. The maximum absolute atomic E-state index is 13.5. The van der Waals surface area contributed by atoms with E-state index in [-0.39, 0.29) is 18.3 Å². The number of carbonyl (C=O) groups excluding carboxylic acids is 2. The van der Waals surface area contributed by atoms with Crippen molar-refractivity contribution in [1.82, 2.24) is 19.7 Å². The van der Waals surface area contributed by atoms with Crippen molar-refractivity contribution in [3.05, 3.63) is 24.3 Å². The molecule has 0 N–H and O–H groups in total. The summed E-state index contributed by atoms with van der Waals surface area (Å²) >= 11 is 0. The molecule has 1 aliphatic carbocycles. The van der Waals surface area contributed by atoms with Gasteiger partial charge in [0, 0.05) is 38.0 Å². The number of hydrogen-bond acceptors (Lipinski definition) is 10. The van der Waals surface area contributed by atoms with Crippen molar-refractivity contribution in [2.75, 3.05) is 19.1 Å². The molecule has 3 rings (SSSR count). The topological polar surface area (TPSA) is 142 Å². The maximum atomic E-state index is 13.5. The molecule has 0 radical (unpaired) electrons. The molecule has 0 saturated heterocycles. The van der Waals surface area contributed by atoms with E-state index in [1.165, 1.54) is 20.5 Å². The van der Waals surface area contributed by atoms with Crippen LogP contribution >= 0.6 is 0 Å². The molecule has 1 saturated carbocycles. The highest BCUT2D eigenvalue weighted by molar-refractivity contribution is 6.09. The fourth-order valence-corrected chi connectivity index (χ4v) is 4.88. The van der Waals surface area contributed by atoms with Crippen LogP contribution < -0.4 is 4.90 Å². The molecule has 2 heterocycles. The highest BCUT2D eigenvalue weighted by Crippen LogP contribution is 2.37. The third-order valence-corrected chi connectivity index (χ3v) is 6.64. The van der Waals surface area contributed by atoms with E-state index < -0.39 is 29.7 Å². The van der Waals surface area contributed by atoms with Crippen molar-refractivity contribution in [3.63, 3.8) is 0 Å². The minimum atomic E-state index is -0.949. The molecule has 0 aromatic carbocycles. The van der Waals surface area contributed by atoms with Crippen LogP contribution in [0, 0.1) is 17.2 Å². The van der Waals surface area contributed by atoms with Gasteiger partial charge < -0.3 is 18.9 Å². The summed E-state index contributed by atoms with van der Waals surface area (Å²) in [6, 6.07) is 2.24. The first-order chi connectivity index (χ1) is 19.3. The molecule has 12 heteroatoms. The second-order valence-electron chi connectivity index (χ2n) is 12.1. The quantitative estimate of drug-likeness (QED) is 0.338. The van der Waals surface area contributed by atoms with Gasteiger partial charge in [-0.1, -0.05) is 12.8 Å². The molecule has 1 atom stereocenters. The van der Waals surface area contributed by atoms with Crippen LogP contribution in [0.25, 0.3) is 11.3 Å². The molecule has 2 aromatic heterocycles. The van der Waals surface area contributed by atoms with Crippen LogP contribution in [0.5, 0.6) is 0 Å². The van der Waals surface area contributed by atoms with Crippen molar-refractivity contribution in [2.24, 2.45) is 5.92 Å². The van der Waals surface area contributed by atoms with Crippen LogP contribution in [0.1, 0.15) is 85.3 Å². The highest BCUT2D eigenvalue weighted by Gasteiger charge is 2.37. The average Bonchev–Trinajstić information content (AvgIpc) is 3.57. The molecule has 0 unspecified atom stereocenters. The first kappa shape index (κ1) is 32.0. The van der Waals surface area contributed by atoms with Crippen LogP contribution in [-0.2, 0) is 25.4 Å². The third-order valence-electron chi connectivity index (χ3n) is 6.64. The lowest BCUT2D eigenvalue weighted by Crippen LogP contribution is -2.45. The Kier molecular flexibility index (Phi) is 10.4. The summed E-state index contributed by atoms with van der Waals surface area (Å²) in [7, 11) is 2.98. The maximum Gasteiger partial charge on any atom is 0.425 e. The van der Waals surface area contributed by atoms with Gasteiger partial charge in [0.1, 0.15) is 17.5 Å². The number of amides is 2. The Morgan fingerprint density at radius 1 is 1.05 bits per heavy atom. The predicted molar refractivity (Wildman–Crippen MR) is 151 cm³/mol. The lowest BCUT2D eigenvalue weighted by molar-refractivity contribution is -0.100. The minimum Gasteiger partial charge on any atom is -0.443 e. The van der Waals surface area contributed by atoms with Gasteiger partial charge in [0.05, 0.1) is 30.4 Å². The summed E-state index contributed by atoms with van der Waals surface area (Å²) in [6.45, 7) is 10.2. The van der Waals surface area contributed by atoms with Crippen LogP contribution in [0.4, 0.5) is 15.4 Å². The number of ether oxygens (including phenoxy) is 4. The Morgan fingerprint density at radius 3 is 2.15 bits per heavy atom. The first-order valence-corrected chi connectivity index (χ1v) is 13.8. The van der Waals surface area contributed by atoms with Crippen molar-refractivity contribution >= 4 is 18.0 Å². The summed E-state index contributed by atoms with van der Waals surface area (Å²) in [5, 5.41) is 14.1. The van der Waals surface area contributed by atoms with Crippen molar-refractivity contribution in [1.29, 1.82) is 5.26 Å². The Balaban J connectivity index is 2.17. The lowest BCUT2D eigenvalue weighted by Gasteiger charge is -2.29. The van der Waals surface area contributed by atoms with Crippen molar-refractivity contribution in [2.45, 2.75) is 104 Å². The van der Waals surface area contributed by atoms with E-state index >= 15 is 0 Å². The number of hydrogen-bond donors (Lipinski definition) is 0. The average molecular weight is 571 g/mol. The van der Waals surface area contributed by atoms with Crippen LogP contribution in [0.15, 0.2) is 18.7 Å². The van der Waals surface area contributed by atoms with Gasteiger partial charge in [0.15, 0.2) is 12.1 Å². The van der Waals surface area contributed by atoms with Gasteiger partial charge in [-0.25, -0.2) is 19.6 Å². The molecular weight excluding hydrogens is 528 g/mol. The van der Waals surface area contributed by atoms with Gasteiger partial charge in [0.25, 0.3) is 0 Å². The monoisotopic (exact) mass is 570 g/mol. The van der Waals surface area contributed by atoms with E-state index in [2.05, 4.69) is 21.1 Å². The number of nitriles is 1. The van der Waals surface area contributed by atoms with Gasteiger partial charge in [-0.05, 0) is 60.3 Å². The Hall–Kier alpha value is -3.56. The number of rotatable bonds is 9. The molecule has 0 bridgehead atoms. The van der Waals surface area contributed by atoms with E-state index in [0.717, 1.165) is 30.6 Å². The van der Waals surface area contributed by atoms with Gasteiger partial charge in [-0.3, -0.25) is 4.68 Å². The number of methoxy groups -OCH3 is 2. The number of nitrogens with zero attached hydrogens (tertiary/aromatic N) is 6. The van der Waals surface area contributed by atoms with Crippen LogP contribution in [0.2, 0.25) is 0 Å². The van der Waals surface area contributed by atoms with Gasteiger partial charge in [-0.2, -0.15) is 15.3 Å². The predicted octanol–water partition coefficient (Wildman–Crippen LogP) is 5.82. The van der Waals surface area contributed by atoms with E-state index in [9.17, 15) is 14.9 Å². The number of imide groups is 1. The zero-order chi connectivity index (χ0) is 30.4. The SMILES string of the molecule is COC(Cc1c(-c2cnn([C@H](CC#N)C3CCCC3)c2)ncnc1N(C(=O)OC(C)(C)C)C(=O)OC(C)(C)C)OC. The molecule has 1 aliphatic rings. The third kappa shape index (κ3) is 8.47. The van der Waals surface area contributed by atoms with Gasteiger partial charge in [0.2, 0.25) is 0 Å². The van der Waals surface area contributed by atoms with E-state index in [0.29, 0.717) is 29.2 Å². The summed E-state index contributed by atoms with van der Waals surface area (Å²) in [4.78, 5) is 36.6. The second kappa shape index (κ2) is 13.4. The lowest BCUT2D eigenvalue weighted by atomic mass is 9.96. The molecular formula is C29H42N6O6. The fraction of sp³-hybridized carbons (Fsp3) is 0.655. The fourth-order valence-electron chi connectivity index (χ4n) is 4.88. The molecule has 2 aromatic rings. The number of carbonyl (C=O) groups is 2. The molecule has 0 spiro atoms. The van der Waals surface area contributed by atoms with Crippen LogP contribution in [-0.4, -0.2) is 63.6 Å². The van der Waals surface area contributed by atoms with Crippen molar-refractivity contribution in [3.8, 4) is 17.3 Å². The second-order valence-corrected chi connectivity index (χ2v) is 12.1. The van der Waals surface area contributed by atoms with Crippen molar-refractivity contribution < 1.29 is 28.5 Å². The summed E-state index contributed by atoms with van der Waals surface area (Å²) in [5.74, 6) is 0.346. The highest BCUT2D eigenvalue weighted by atomic mass is 16.7. The van der Waals surface area contributed by atoms with Crippen LogP contribution in [0.3, 0.4) is 0 Å². The molecule has 12 nitrogen and oxygen atoms in total. The standard InChI is InChI=1S/C29H42N6O6/c1-28(2,3)40-26(36)35(27(37)41-29(4,5)6)25-21(15-23(38-7)39-8)24(31-18-32-25)20-16-33-34(17-20)22(13-14-30)19-11-9-10-12-19/h16-19,22-23H,9-13,15H2,1-8H3/t22-/m1/s1. The summed E-state index contributed by atoms with van der Waals surface area (Å²) in [5.41, 5.74) is -0.336. The van der Waals surface area contributed by atoms with E-state index in [1.54, 1.807) is 47.7 Å². The van der Waals surface area contributed by atoms with Gasteiger partial charge >= 0.3 is 12.2 Å². The molecule has 1 fully saturated rings. The zero-order valence-electron chi connectivity index (χ0n) is 25.3. The summed E-state index contributed by atoms with van der Waals surface area (Å²) < 4.78 is 23.9. The van der Waals surface area contributed by atoms with E-state index in [1.807, 2.05) is 10.9 Å². The van der Waals surface area contributed by atoms with Gasteiger partial charge in [-0.15, -0.1) is 0 Å². The van der Waals surface area contributed by atoms with E-state index in [4.69, 9.17) is 18.9 Å². The normalized spacial score (nSPS) is 15.0. The number of aromatic nitrogens is 4. The summed E-state index contributed by atoms with van der Waals surface area (Å²) in [6.07, 6.45) is 6.95. The molecule has 0 aliphatic heterocycles. The smallest absolute Gasteiger partial charge is 0.425 e. The Labute approximate surface area is 241 Å². The molecule has 2 amide bonds.